The van der Waals surface area contributed by atoms with Gasteiger partial charge in [0.05, 0.1) is 10.6 Å². The molecule has 0 saturated carbocycles. The van der Waals surface area contributed by atoms with Crippen molar-refractivity contribution in [1.82, 2.24) is 15.0 Å². The minimum atomic E-state index is -0.585. The number of aliphatic hydroxyl groups excluding tert-OH is 1. The van der Waals surface area contributed by atoms with Crippen molar-refractivity contribution in [3.8, 4) is 10.6 Å². The monoisotopic (exact) mass is 342 g/mol. The topological polar surface area (TPSA) is 70.9 Å². The van der Waals surface area contributed by atoms with Crippen molar-refractivity contribution in [3.05, 3.63) is 59.5 Å². The third kappa shape index (κ3) is 4.84. The highest BCUT2D eigenvalue weighted by Crippen LogP contribution is 2.30. The van der Waals surface area contributed by atoms with E-state index in [9.17, 15) is 5.11 Å². The minimum absolute atomic E-state index is 0.401. The fourth-order valence-corrected chi connectivity index (χ4v) is 3.00. The molecule has 3 rings (SSSR count). The highest BCUT2D eigenvalue weighted by Gasteiger charge is 2.12. The van der Waals surface area contributed by atoms with Crippen LogP contribution in [-0.4, -0.2) is 26.6 Å². The van der Waals surface area contributed by atoms with Crippen LogP contribution in [0.1, 0.15) is 30.5 Å². The number of anilines is 1. The van der Waals surface area contributed by atoms with Gasteiger partial charge in [-0.1, -0.05) is 19.9 Å². The van der Waals surface area contributed by atoms with E-state index in [4.69, 9.17) is 0 Å². The first kappa shape index (κ1) is 18.0. The lowest BCUT2D eigenvalue weighted by Gasteiger charge is -2.10. The van der Waals surface area contributed by atoms with Crippen LogP contribution in [0.2, 0.25) is 0 Å². The fourth-order valence-electron chi connectivity index (χ4n) is 2.03. The molecule has 0 bridgehead atoms. The maximum absolute atomic E-state index is 10.3. The van der Waals surface area contributed by atoms with Crippen LogP contribution in [0.15, 0.2) is 48.9 Å². The van der Waals surface area contributed by atoms with Gasteiger partial charge in [0.25, 0.3) is 0 Å². The summed E-state index contributed by atoms with van der Waals surface area (Å²) in [5.74, 6) is 0.716. The third-order valence-electron chi connectivity index (χ3n) is 3.15. The van der Waals surface area contributed by atoms with E-state index in [2.05, 4.69) is 20.3 Å². The van der Waals surface area contributed by atoms with Crippen LogP contribution in [0.4, 0.5) is 5.82 Å². The number of thiophene rings is 1. The molecular weight excluding hydrogens is 320 g/mol. The van der Waals surface area contributed by atoms with Gasteiger partial charge in [0, 0.05) is 29.4 Å². The van der Waals surface area contributed by atoms with E-state index in [1.165, 1.54) is 6.33 Å². The minimum Gasteiger partial charge on any atom is -0.386 e. The number of aryl methyl sites for hydroxylation is 1. The lowest BCUT2D eigenvalue weighted by atomic mass is 10.2. The molecule has 126 valence electrons. The van der Waals surface area contributed by atoms with Crippen LogP contribution in [-0.2, 0) is 0 Å². The number of pyridine rings is 1. The number of rotatable bonds is 5. The van der Waals surface area contributed by atoms with Crippen molar-refractivity contribution in [2.24, 2.45) is 0 Å². The van der Waals surface area contributed by atoms with E-state index in [1.54, 1.807) is 17.5 Å². The molecule has 2 N–H and O–H groups in total. The molecule has 0 aliphatic heterocycles. The van der Waals surface area contributed by atoms with Gasteiger partial charge in [0.1, 0.15) is 18.2 Å². The Bertz CT molecular complexity index is 746. The molecular formula is C18H22N4OS. The van der Waals surface area contributed by atoms with Gasteiger partial charge in [-0.2, -0.15) is 0 Å². The smallest absolute Gasteiger partial charge is 0.129 e. The molecule has 6 heteroatoms. The molecule has 0 aliphatic carbocycles. The number of hydrogen-bond donors (Lipinski definition) is 2. The maximum Gasteiger partial charge on any atom is 0.129 e. The first-order chi connectivity index (χ1) is 11.7. The number of aliphatic hydroxyl groups is 1. The standard InChI is InChI=1S/C16H16N4OS.C2H6/c1-11-8-16(20-10-19-11)18-9-13(21)15-6-5-14(22-15)12-4-2-3-7-17-12;1-2/h2-8,10,13,21H,9H2,1H3,(H,18,19,20);1-2H3. The molecule has 0 saturated heterocycles. The quantitative estimate of drug-likeness (QED) is 0.731. The van der Waals surface area contributed by atoms with Gasteiger partial charge < -0.3 is 10.4 Å². The van der Waals surface area contributed by atoms with Gasteiger partial charge in [-0.3, -0.25) is 4.98 Å². The predicted molar refractivity (Wildman–Crippen MR) is 99.1 cm³/mol. The Balaban J connectivity index is 0.00000100. The molecule has 0 amide bonds. The van der Waals surface area contributed by atoms with E-state index < -0.39 is 6.10 Å². The van der Waals surface area contributed by atoms with Crippen LogP contribution >= 0.6 is 11.3 Å². The molecule has 0 aliphatic rings. The Morgan fingerprint density at radius 3 is 2.67 bits per heavy atom. The van der Waals surface area contributed by atoms with Crippen LogP contribution in [0.5, 0.6) is 0 Å². The Labute approximate surface area is 146 Å². The summed E-state index contributed by atoms with van der Waals surface area (Å²) in [6.07, 6.45) is 2.69. The molecule has 3 heterocycles. The summed E-state index contributed by atoms with van der Waals surface area (Å²) in [6, 6.07) is 11.6. The van der Waals surface area contributed by atoms with E-state index in [-0.39, 0.29) is 0 Å². The first-order valence-corrected chi connectivity index (χ1v) is 8.76. The highest BCUT2D eigenvalue weighted by molar-refractivity contribution is 7.15. The van der Waals surface area contributed by atoms with Gasteiger partial charge in [-0.15, -0.1) is 11.3 Å². The van der Waals surface area contributed by atoms with Gasteiger partial charge >= 0.3 is 0 Å². The second-order valence-electron chi connectivity index (χ2n) is 4.86. The molecule has 5 nitrogen and oxygen atoms in total. The molecule has 3 aromatic rings. The van der Waals surface area contributed by atoms with Crippen molar-refractivity contribution < 1.29 is 5.11 Å². The molecule has 1 atom stereocenters. The fraction of sp³-hybridized carbons (Fsp3) is 0.278. The van der Waals surface area contributed by atoms with Crippen molar-refractivity contribution in [1.29, 1.82) is 0 Å². The van der Waals surface area contributed by atoms with Crippen LogP contribution in [0, 0.1) is 6.92 Å². The zero-order valence-corrected chi connectivity index (χ0v) is 14.9. The molecule has 0 spiro atoms. The van der Waals surface area contributed by atoms with Crippen molar-refractivity contribution >= 4 is 17.2 Å². The SMILES string of the molecule is CC.Cc1cc(NCC(O)c2ccc(-c3ccccn3)s2)ncn1. The lowest BCUT2D eigenvalue weighted by Crippen LogP contribution is -2.12. The van der Waals surface area contributed by atoms with Gasteiger partial charge in [-0.25, -0.2) is 9.97 Å². The zero-order valence-electron chi connectivity index (χ0n) is 14.1. The summed E-state index contributed by atoms with van der Waals surface area (Å²) in [5.41, 5.74) is 1.81. The molecule has 3 aromatic heterocycles. The largest absolute Gasteiger partial charge is 0.386 e. The summed E-state index contributed by atoms with van der Waals surface area (Å²) in [7, 11) is 0. The number of nitrogens with zero attached hydrogens (tertiary/aromatic N) is 3. The van der Waals surface area contributed by atoms with Gasteiger partial charge in [0.2, 0.25) is 0 Å². The van der Waals surface area contributed by atoms with Crippen LogP contribution in [0.25, 0.3) is 10.6 Å². The van der Waals surface area contributed by atoms with Crippen molar-refractivity contribution in [2.75, 3.05) is 11.9 Å². The van der Waals surface area contributed by atoms with Crippen molar-refractivity contribution in [3.63, 3.8) is 0 Å². The van der Waals surface area contributed by atoms with E-state index in [0.29, 0.717) is 12.4 Å². The van der Waals surface area contributed by atoms with E-state index in [1.807, 2.05) is 57.2 Å². The van der Waals surface area contributed by atoms with Crippen LogP contribution < -0.4 is 5.32 Å². The van der Waals surface area contributed by atoms with E-state index in [0.717, 1.165) is 21.1 Å². The highest BCUT2D eigenvalue weighted by atomic mass is 32.1. The summed E-state index contributed by atoms with van der Waals surface area (Å²) >= 11 is 1.55. The molecule has 0 fully saturated rings. The number of nitrogens with one attached hydrogen (secondary N) is 1. The summed E-state index contributed by atoms with van der Waals surface area (Å²) < 4.78 is 0. The van der Waals surface area contributed by atoms with Crippen LogP contribution in [0.3, 0.4) is 0 Å². The second-order valence-corrected chi connectivity index (χ2v) is 5.97. The number of hydrogen-bond acceptors (Lipinski definition) is 6. The Morgan fingerprint density at radius 1 is 1.12 bits per heavy atom. The molecule has 24 heavy (non-hydrogen) atoms. The molecule has 0 aromatic carbocycles. The lowest BCUT2D eigenvalue weighted by molar-refractivity contribution is 0.195. The molecule has 0 radical (unpaired) electrons. The normalized spacial score (nSPS) is 11.3. The van der Waals surface area contributed by atoms with Crippen molar-refractivity contribution in [2.45, 2.75) is 26.9 Å². The summed E-state index contributed by atoms with van der Waals surface area (Å²) in [5, 5.41) is 13.4. The Hall–Kier alpha value is -2.31. The average Bonchev–Trinajstić information content (AvgIpc) is 3.12. The Morgan fingerprint density at radius 2 is 1.96 bits per heavy atom. The summed E-state index contributed by atoms with van der Waals surface area (Å²) in [6.45, 7) is 6.31. The van der Waals surface area contributed by atoms with Gasteiger partial charge in [0.15, 0.2) is 0 Å². The molecule has 1 unspecified atom stereocenters. The van der Waals surface area contributed by atoms with Gasteiger partial charge in [-0.05, 0) is 31.2 Å². The zero-order chi connectivity index (χ0) is 17.4. The maximum atomic E-state index is 10.3. The predicted octanol–water partition coefficient (Wildman–Crippen LogP) is 4.08. The Kier molecular flexibility index (Phi) is 6.84. The average molecular weight is 342 g/mol. The summed E-state index contributed by atoms with van der Waals surface area (Å²) in [4.78, 5) is 14.4. The number of aromatic nitrogens is 3. The van der Waals surface area contributed by atoms with E-state index >= 15 is 0 Å². The first-order valence-electron chi connectivity index (χ1n) is 7.94. The second kappa shape index (κ2) is 9.10. The third-order valence-corrected chi connectivity index (χ3v) is 4.36.